The van der Waals surface area contributed by atoms with Crippen molar-refractivity contribution in [3.63, 3.8) is 0 Å². The Hall–Kier alpha value is -0.960. The summed E-state index contributed by atoms with van der Waals surface area (Å²) in [7, 11) is 0. The second kappa shape index (κ2) is 4.13. The largest absolute Gasteiger partial charge is 0.466 e. The van der Waals surface area contributed by atoms with E-state index >= 15 is 0 Å². The van der Waals surface area contributed by atoms with Crippen LogP contribution in [0.25, 0.3) is 0 Å². The van der Waals surface area contributed by atoms with Crippen molar-refractivity contribution in [3.05, 3.63) is 58.0 Å². The molecule has 16 heavy (non-hydrogen) atoms. The van der Waals surface area contributed by atoms with E-state index < -0.39 is 5.60 Å². The van der Waals surface area contributed by atoms with Gasteiger partial charge >= 0.3 is 0 Å². The van der Waals surface area contributed by atoms with Crippen molar-refractivity contribution in [2.24, 2.45) is 0 Å². The quantitative estimate of drug-likeness (QED) is 0.886. The van der Waals surface area contributed by atoms with Gasteiger partial charge in [0.25, 0.3) is 0 Å². The fourth-order valence-corrected chi connectivity index (χ4v) is 2.05. The fraction of sp³-hybridized carbons (Fsp3) is 0.167. The SMILES string of the molecule is CC(O)(c1ccco1)c1cccc(Cl)c1Cl. The Balaban J connectivity index is 2.56. The lowest BCUT2D eigenvalue weighted by atomic mass is 9.93. The van der Waals surface area contributed by atoms with Gasteiger partial charge in [-0.15, -0.1) is 0 Å². The molecule has 0 spiro atoms. The standard InChI is InChI=1S/C12H10Cl2O2/c1-12(15,10-6-3-7-16-10)8-4-2-5-9(13)11(8)14/h2-7,15H,1H3. The van der Waals surface area contributed by atoms with Gasteiger partial charge < -0.3 is 9.52 Å². The molecular formula is C12H10Cl2O2. The summed E-state index contributed by atoms with van der Waals surface area (Å²) in [5.41, 5.74) is -0.762. The molecule has 0 bridgehead atoms. The minimum atomic E-state index is -1.29. The number of halogens is 2. The Labute approximate surface area is 103 Å². The predicted molar refractivity (Wildman–Crippen MR) is 63.8 cm³/mol. The summed E-state index contributed by atoms with van der Waals surface area (Å²) in [6, 6.07) is 8.53. The maximum absolute atomic E-state index is 10.4. The Morgan fingerprint density at radius 1 is 1.19 bits per heavy atom. The summed E-state index contributed by atoms with van der Waals surface area (Å²) in [5, 5.41) is 11.2. The monoisotopic (exact) mass is 256 g/mol. The van der Waals surface area contributed by atoms with E-state index in [4.69, 9.17) is 27.6 Å². The Kier molecular flexibility index (Phi) is 2.98. The van der Waals surface area contributed by atoms with Crippen molar-refractivity contribution in [1.82, 2.24) is 0 Å². The van der Waals surface area contributed by atoms with Gasteiger partial charge in [0.15, 0.2) is 0 Å². The highest BCUT2D eigenvalue weighted by molar-refractivity contribution is 6.42. The predicted octanol–water partition coefficient (Wildman–Crippen LogP) is 3.84. The first-order chi connectivity index (χ1) is 7.53. The zero-order valence-electron chi connectivity index (χ0n) is 8.58. The van der Waals surface area contributed by atoms with E-state index in [0.717, 1.165) is 0 Å². The first kappa shape index (κ1) is 11.5. The molecule has 0 radical (unpaired) electrons. The van der Waals surface area contributed by atoms with E-state index in [2.05, 4.69) is 0 Å². The average Bonchev–Trinajstić information content (AvgIpc) is 2.75. The molecule has 1 atom stereocenters. The summed E-state index contributed by atoms with van der Waals surface area (Å²) < 4.78 is 5.20. The van der Waals surface area contributed by atoms with Crippen molar-refractivity contribution in [2.45, 2.75) is 12.5 Å². The van der Waals surface area contributed by atoms with Crippen LogP contribution in [0.3, 0.4) is 0 Å². The molecule has 1 aromatic carbocycles. The summed E-state index contributed by atoms with van der Waals surface area (Å²) in [6.07, 6.45) is 1.50. The molecule has 0 saturated carbocycles. The maximum atomic E-state index is 10.4. The highest BCUT2D eigenvalue weighted by Crippen LogP contribution is 2.37. The van der Waals surface area contributed by atoms with E-state index in [-0.39, 0.29) is 0 Å². The number of rotatable bonds is 2. The van der Waals surface area contributed by atoms with Crippen LogP contribution >= 0.6 is 23.2 Å². The van der Waals surface area contributed by atoms with Crippen LogP contribution in [0.1, 0.15) is 18.2 Å². The van der Waals surface area contributed by atoms with Gasteiger partial charge in [0.05, 0.1) is 16.3 Å². The van der Waals surface area contributed by atoms with E-state index in [9.17, 15) is 5.11 Å². The highest BCUT2D eigenvalue weighted by atomic mass is 35.5. The van der Waals surface area contributed by atoms with Gasteiger partial charge in [-0.2, -0.15) is 0 Å². The van der Waals surface area contributed by atoms with Crippen LogP contribution in [0.15, 0.2) is 41.0 Å². The highest BCUT2D eigenvalue weighted by Gasteiger charge is 2.31. The summed E-state index contributed by atoms with van der Waals surface area (Å²) in [5.74, 6) is 0.427. The average molecular weight is 257 g/mol. The van der Waals surface area contributed by atoms with Crippen molar-refractivity contribution in [1.29, 1.82) is 0 Å². The Morgan fingerprint density at radius 3 is 2.56 bits per heavy atom. The van der Waals surface area contributed by atoms with Crippen LogP contribution in [-0.2, 0) is 5.60 Å². The van der Waals surface area contributed by atoms with E-state index in [1.807, 2.05) is 0 Å². The normalized spacial score (nSPS) is 14.8. The van der Waals surface area contributed by atoms with Gasteiger partial charge in [0.2, 0.25) is 0 Å². The number of hydrogen-bond donors (Lipinski definition) is 1. The van der Waals surface area contributed by atoms with Crippen molar-refractivity contribution < 1.29 is 9.52 Å². The third kappa shape index (κ3) is 1.84. The van der Waals surface area contributed by atoms with E-state index in [0.29, 0.717) is 21.4 Å². The van der Waals surface area contributed by atoms with Gasteiger partial charge in [0.1, 0.15) is 11.4 Å². The molecular weight excluding hydrogens is 247 g/mol. The van der Waals surface area contributed by atoms with Crippen LogP contribution in [0.2, 0.25) is 10.0 Å². The van der Waals surface area contributed by atoms with Gasteiger partial charge in [-0.1, -0.05) is 35.3 Å². The summed E-state index contributed by atoms with van der Waals surface area (Å²) in [6.45, 7) is 1.61. The summed E-state index contributed by atoms with van der Waals surface area (Å²) >= 11 is 12.0. The van der Waals surface area contributed by atoms with Crippen LogP contribution < -0.4 is 0 Å². The lowest BCUT2D eigenvalue weighted by Gasteiger charge is -2.22. The number of benzene rings is 1. The third-order valence-corrected chi connectivity index (χ3v) is 3.30. The smallest absolute Gasteiger partial charge is 0.146 e. The number of hydrogen-bond acceptors (Lipinski definition) is 2. The fourth-order valence-electron chi connectivity index (χ4n) is 1.57. The molecule has 1 N–H and O–H groups in total. The molecule has 1 heterocycles. The Bertz CT molecular complexity index is 490. The van der Waals surface area contributed by atoms with Gasteiger partial charge in [-0.3, -0.25) is 0 Å². The first-order valence-electron chi connectivity index (χ1n) is 4.74. The van der Waals surface area contributed by atoms with Crippen LogP contribution in [0.5, 0.6) is 0 Å². The van der Waals surface area contributed by atoms with Crippen LogP contribution in [-0.4, -0.2) is 5.11 Å². The molecule has 1 aromatic heterocycles. The zero-order valence-corrected chi connectivity index (χ0v) is 10.1. The molecule has 2 rings (SSSR count). The van der Waals surface area contributed by atoms with E-state index in [1.165, 1.54) is 6.26 Å². The molecule has 4 heteroatoms. The van der Waals surface area contributed by atoms with Crippen molar-refractivity contribution in [3.8, 4) is 0 Å². The second-order valence-electron chi connectivity index (χ2n) is 3.65. The maximum Gasteiger partial charge on any atom is 0.146 e. The first-order valence-corrected chi connectivity index (χ1v) is 5.50. The van der Waals surface area contributed by atoms with Crippen molar-refractivity contribution in [2.75, 3.05) is 0 Å². The molecule has 1 unspecified atom stereocenters. The Morgan fingerprint density at radius 2 is 1.94 bits per heavy atom. The minimum Gasteiger partial charge on any atom is -0.466 e. The minimum absolute atomic E-state index is 0.338. The molecule has 0 saturated heterocycles. The number of furan rings is 1. The van der Waals surface area contributed by atoms with E-state index in [1.54, 1.807) is 37.3 Å². The molecule has 0 fully saturated rings. The summed E-state index contributed by atoms with van der Waals surface area (Å²) in [4.78, 5) is 0. The molecule has 0 aliphatic heterocycles. The topological polar surface area (TPSA) is 33.4 Å². The second-order valence-corrected chi connectivity index (χ2v) is 4.44. The molecule has 2 aromatic rings. The zero-order chi connectivity index (χ0) is 11.8. The van der Waals surface area contributed by atoms with Gasteiger partial charge in [-0.05, 0) is 25.1 Å². The molecule has 84 valence electrons. The molecule has 0 aliphatic carbocycles. The third-order valence-electron chi connectivity index (χ3n) is 2.48. The van der Waals surface area contributed by atoms with Crippen LogP contribution in [0.4, 0.5) is 0 Å². The van der Waals surface area contributed by atoms with Gasteiger partial charge in [0, 0.05) is 5.56 Å². The molecule has 2 nitrogen and oxygen atoms in total. The molecule has 0 aliphatic rings. The number of aliphatic hydroxyl groups is 1. The lowest BCUT2D eigenvalue weighted by Crippen LogP contribution is -2.22. The lowest BCUT2D eigenvalue weighted by molar-refractivity contribution is 0.0768. The van der Waals surface area contributed by atoms with Crippen molar-refractivity contribution >= 4 is 23.2 Å². The van der Waals surface area contributed by atoms with Gasteiger partial charge in [-0.25, -0.2) is 0 Å². The van der Waals surface area contributed by atoms with Crippen LogP contribution in [0, 0.1) is 0 Å². The molecule has 0 amide bonds.